The van der Waals surface area contributed by atoms with Crippen LogP contribution in [0.4, 0.5) is 11.4 Å². The van der Waals surface area contributed by atoms with Crippen LogP contribution < -0.4 is 10.6 Å². The first-order valence-electron chi connectivity index (χ1n) is 7.00. The third kappa shape index (κ3) is 3.63. The fourth-order valence-corrected chi connectivity index (χ4v) is 2.08. The van der Waals surface area contributed by atoms with Crippen molar-refractivity contribution in [3.63, 3.8) is 0 Å². The number of amides is 1. The molecule has 2 aromatic rings. The van der Waals surface area contributed by atoms with Crippen molar-refractivity contribution in [2.45, 2.75) is 6.92 Å². The van der Waals surface area contributed by atoms with E-state index in [2.05, 4.69) is 0 Å². The zero-order valence-corrected chi connectivity index (χ0v) is 12.4. The van der Waals surface area contributed by atoms with Crippen molar-refractivity contribution in [3.05, 3.63) is 60.2 Å². The topological polar surface area (TPSA) is 72.6 Å². The largest absolute Gasteiger partial charge is 0.452 e. The van der Waals surface area contributed by atoms with Gasteiger partial charge in [0.15, 0.2) is 6.61 Å². The van der Waals surface area contributed by atoms with Gasteiger partial charge >= 0.3 is 5.97 Å². The van der Waals surface area contributed by atoms with E-state index in [1.54, 1.807) is 29.2 Å². The van der Waals surface area contributed by atoms with Crippen molar-refractivity contribution in [3.8, 4) is 0 Å². The van der Waals surface area contributed by atoms with Crippen molar-refractivity contribution >= 4 is 23.3 Å². The number of hydrogen-bond donors (Lipinski definition) is 1. The molecule has 0 heterocycles. The van der Waals surface area contributed by atoms with Gasteiger partial charge in [-0.15, -0.1) is 0 Å². The Morgan fingerprint density at radius 3 is 2.32 bits per heavy atom. The number of nitrogens with two attached hydrogens (primary N) is 1. The molecule has 2 rings (SSSR count). The lowest BCUT2D eigenvalue weighted by atomic mass is 10.2. The number of hydrogen-bond acceptors (Lipinski definition) is 4. The van der Waals surface area contributed by atoms with Crippen LogP contribution in [-0.2, 0) is 9.53 Å². The van der Waals surface area contributed by atoms with Crippen LogP contribution in [0.1, 0.15) is 17.3 Å². The lowest BCUT2D eigenvalue weighted by molar-refractivity contribution is -0.121. The smallest absolute Gasteiger partial charge is 0.340 e. The SMILES string of the molecule is CCN(C(=O)COC(=O)c1ccccc1N)c1ccccc1. The molecule has 0 radical (unpaired) electrons. The van der Waals surface area contributed by atoms with Crippen LogP contribution in [0.25, 0.3) is 0 Å². The van der Waals surface area contributed by atoms with Crippen LogP contribution in [0.15, 0.2) is 54.6 Å². The Balaban J connectivity index is 2.00. The molecule has 5 nitrogen and oxygen atoms in total. The van der Waals surface area contributed by atoms with Crippen molar-refractivity contribution < 1.29 is 14.3 Å². The molecular weight excluding hydrogens is 280 g/mol. The standard InChI is InChI=1S/C17H18N2O3/c1-2-19(13-8-4-3-5-9-13)16(20)12-22-17(21)14-10-6-7-11-15(14)18/h3-11H,2,12,18H2,1H3. The van der Waals surface area contributed by atoms with Crippen molar-refractivity contribution in [1.29, 1.82) is 0 Å². The zero-order chi connectivity index (χ0) is 15.9. The van der Waals surface area contributed by atoms with Gasteiger partial charge in [-0.1, -0.05) is 30.3 Å². The van der Waals surface area contributed by atoms with Gasteiger partial charge in [0.2, 0.25) is 0 Å². The summed E-state index contributed by atoms with van der Waals surface area (Å²) in [5, 5.41) is 0. The van der Waals surface area contributed by atoms with Gasteiger partial charge in [0.05, 0.1) is 5.56 Å². The number of ether oxygens (including phenoxy) is 1. The number of benzene rings is 2. The number of rotatable bonds is 5. The number of nitrogens with zero attached hydrogens (tertiary/aromatic N) is 1. The first-order valence-corrected chi connectivity index (χ1v) is 7.00. The van der Waals surface area contributed by atoms with E-state index in [-0.39, 0.29) is 18.1 Å². The number of carbonyl (C=O) groups is 2. The predicted octanol–water partition coefficient (Wildman–Crippen LogP) is 2.48. The molecule has 0 spiro atoms. The van der Waals surface area contributed by atoms with Crippen LogP contribution in [0.5, 0.6) is 0 Å². The Morgan fingerprint density at radius 2 is 1.68 bits per heavy atom. The average molecular weight is 298 g/mol. The van der Waals surface area contributed by atoms with Gasteiger partial charge in [-0.3, -0.25) is 4.79 Å². The summed E-state index contributed by atoms with van der Waals surface area (Å²) in [4.78, 5) is 25.7. The highest BCUT2D eigenvalue weighted by molar-refractivity contribution is 5.99. The molecule has 0 unspecified atom stereocenters. The molecule has 2 N–H and O–H groups in total. The fraction of sp³-hybridized carbons (Fsp3) is 0.176. The molecule has 0 saturated heterocycles. The molecule has 0 aliphatic carbocycles. The Hall–Kier alpha value is -2.82. The minimum atomic E-state index is -0.601. The van der Waals surface area contributed by atoms with Crippen LogP contribution in [0.3, 0.4) is 0 Å². The summed E-state index contributed by atoms with van der Waals surface area (Å²) in [6, 6.07) is 15.8. The Labute approximate surface area is 129 Å². The van der Waals surface area contributed by atoms with Gasteiger partial charge < -0.3 is 15.4 Å². The molecule has 22 heavy (non-hydrogen) atoms. The molecule has 0 bridgehead atoms. The quantitative estimate of drug-likeness (QED) is 0.680. The van der Waals surface area contributed by atoms with Gasteiger partial charge in [-0.25, -0.2) is 4.79 Å². The maximum Gasteiger partial charge on any atom is 0.340 e. The van der Waals surface area contributed by atoms with Crippen LogP contribution >= 0.6 is 0 Å². The van der Waals surface area contributed by atoms with E-state index in [1.807, 2.05) is 37.3 Å². The second-order valence-corrected chi connectivity index (χ2v) is 4.64. The Kier molecular flexibility index (Phi) is 5.14. The van der Waals surface area contributed by atoms with Gasteiger partial charge in [0, 0.05) is 17.9 Å². The van der Waals surface area contributed by atoms with E-state index < -0.39 is 5.97 Å². The van der Waals surface area contributed by atoms with Gasteiger partial charge in [0.1, 0.15) is 0 Å². The maximum absolute atomic E-state index is 12.2. The van der Waals surface area contributed by atoms with Crippen LogP contribution in [0, 0.1) is 0 Å². The van der Waals surface area contributed by atoms with Gasteiger partial charge in [-0.05, 0) is 31.2 Å². The monoisotopic (exact) mass is 298 g/mol. The minimum Gasteiger partial charge on any atom is -0.452 e. The van der Waals surface area contributed by atoms with Crippen LogP contribution in [-0.4, -0.2) is 25.0 Å². The Morgan fingerprint density at radius 1 is 1.05 bits per heavy atom. The average Bonchev–Trinajstić information content (AvgIpc) is 2.55. The number of anilines is 2. The van der Waals surface area contributed by atoms with Crippen molar-refractivity contribution in [1.82, 2.24) is 0 Å². The van der Waals surface area contributed by atoms with Crippen molar-refractivity contribution in [2.75, 3.05) is 23.8 Å². The summed E-state index contributed by atoms with van der Waals surface area (Å²) in [6.07, 6.45) is 0. The summed E-state index contributed by atoms with van der Waals surface area (Å²) >= 11 is 0. The summed E-state index contributed by atoms with van der Waals surface area (Å²) < 4.78 is 5.06. The first-order chi connectivity index (χ1) is 10.6. The summed E-state index contributed by atoms with van der Waals surface area (Å²) in [5.74, 6) is -0.882. The molecule has 0 aromatic heterocycles. The highest BCUT2D eigenvalue weighted by Gasteiger charge is 2.17. The zero-order valence-electron chi connectivity index (χ0n) is 12.4. The van der Waals surface area contributed by atoms with E-state index >= 15 is 0 Å². The van der Waals surface area contributed by atoms with E-state index in [4.69, 9.17) is 10.5 Å². The molecule has 114 valence electrons. The summed E-state index contributed by atoms with van der Waals surface area (Å²) in [6.45, 7) is 2.03. The normalized spacial score (nSPS) is 10.0. The highest BCUT2D eigenvalue weighted by atomic mass is 16.5. The molecule has 5 heteroatoms. The third-order valence-corrected chi connectivity index (χ3v) is 3.19. The molecule has 0 fully saturated rings. The minimum absolute atomic E-state index is 0.262. The number of para-hydroxylation sites is 2. The summed E-state index contributed by atoms with van der Waals surface area (Å²) in [5.41, 5.74) is 7.07. The maximum atomic E-state index is 12.2. The second kappa shape index (κ2) is 7.26. The summed E-state index contributed by atoms with van der Waals surface area (Å²) in [7, 11) is 0. The molecular formula is C17H18N2O3. The lowest BCUT2D eigenvalue weighted by Gasteiger charge is -2.20. The van der Waals surface area contributed by atoms with Crippen molar-refractivity contribution in [2.24, 2.45) is 0 Å². The highest BCUT2D eigenvalue weighted by Crippen LogP contribution is 2.14. The number of esters is 1. The fourth-order valence-electron chi connectivity index (χ4n) is 2.08. The number of carbonyl (C=O) groups excluding carboxylic acids is 2. The predicted molar refractivity (Wildman–Crippen MR) is 85.6 cm³/mol. The van der Waals surface area contributed by atoms with E-state index in [0.29, 0.717) is 12.2 Å². The van der Waals surface area contributed by atoms with E-state index in [0.717, 1.165) is 5.69 Å². The van der Waals surface area contributed by atoms with Gasteiger partial charge in [-0.2, -0.15) is 0 Å². The van der Waals surface area contributed by atoms with Crippen LogP contribution in [0.2, 0.25) is 0 Å². The third-order valence-electron chi connectivity index (χ3n) is 3.19. The second-order valence-electron chi connectivity index (χ2n) is 4.64. The Bertz CT molecular complexity index is 656. The molecule has 0 aliphatic rings. The lowest BCUT2D eigenvalue weighted by Crippen LogP contribution is -2.34. The molecule has 1 amide bonds. The molecule has 0 saturated carbocycles. The number of nitrogen functional groups attached to an aromatic ring is 1. The first kappa shape index (κ1) is 15.6. The molecule has 0 aliphatic heterocycles. The van der Waals surface area contributed by atoms with E-state index in [1.165, 1.54) is 0 Å². The number of likely N-dealkylation sites (N-methyl/N-ethyl adjacent to an activating group) is 1. The molecule has 2 aromatic carbocycles. The molecule has 0 atom stereocenters. The van der Waals surface area contributed by atoms with E-state index in [9.17, 15) is 9.59 Å². The van der Waals surface area contributed by atoms with Gasteiger partial charge in [0.25, 0.3) is 5.91 Å².